The summed E-state index contributed by atoms with van der Waals surface area (Å²) in [6.45, 7) is 2.86. The summed E-state index contributed by atoms with van der Waals surface area (Å²) in [5.41, 5.74) is -0.640. The maximum Gasteiger partial charge on any atom is 0.322 e. The molecule has 0 aromatic heterocycles. The van der Waals surface area contributed by atoms with Crippen LogP contribution >= 0.6 is 0 Å². The molecule has 0 bridgehead atoms. The van der Waals surface area contributed by atoms with Crippen molar-refractivity contribution >= 4 is 16.2 Å². The van der Waals surface area contributed by atoms with E-state index in [2.05, 4.69) is 4.72 Å². The van der Waals surface area contributed by atoms with E-state index in [0.717, 1.165) is 10.7 Å². The Kier molecular flexibility index (Phi) is 4.14. The Hall–Kier alpha value is -0.700. The molecule has 7 nitrogen and oxygen atoms in total. The normalized spacial score (nSPS) is 33.4. The van der Waals surface area contributed by atoms with Crippen LogP contribution in [0.25, 0.3) is 0 Å². The molecule has 2 aliphatic heterocycles. The van der Waals surface area contributed by atoms with Gasteiger partial charge in [0.05, 0.1) is 12.1 Å². The highest BCUT2D eigenvalue weighted by molar-refractivity contribution is 7.87. The molecule has 0 amide bonds. The average Bonchev–Trinajstić information content (AvgIpc) is 2.74. The highest BCUT2D eigenvalue weighted by Crippen LogP contribution is 2.24. The second kappa shape index (κ2) is 5.35. The standard InChI is InChI=1S/C11H20N2O5S/c1-11(5-7-18-8-11)12-19(16,17)13-6-3-2-4-9(13)10(14)15/h9,12H,2-8H2,1H3,(H,14,15). The minimum Gasteiger partial charge on any atom is -0.480 e. The Morgan fingerprint density at radius 3 is 2.79 bits per heavy atom. The highest BCUT2D eigenvalue weighted by atomic mass is 32.2. The van der Waals surface area contributed by atoms with Gasteiger partial charge in [-0.3, -0.25) is 4.79 Å². The van der Waals surface area contributed by atoms with Gasteiger partial charge in [-0.1, -0.05) is 0 Å². The van der Waals surface area contributed by atoms with Crippen LogP contribution in [-0.4, -0.2) is 55.1 Å². The van der Waals surface area contributed by atoms with Crippen molar-refractivity contribution in [2.45, 2.75) is 44.2 Å². The van der Waals surface area contributed by atoms with Crippen LogP contribution in [0.1, 0.15) is 32.6 Å². The van der Waals surface area contributed by atoms with Crippen LogP contribution in [0.2, 0.25) is 0 Å². The molecule has 0 aromatic carbocycles. The lowest BCUT2D eigenvalue weighted by molar-refractivity contribution is -0.142. The Labute approximate surface area is 113 Å². The number of hydrogen-bond acceptors (Lipinski definition) is 4. The predicted molar refractivity (Wildman–Crippen MR) is 67.9 cm³/mol. The molecule has 0 radical (unpaired) electrons. The summed E-state index contributed by atoms with van der Waals surface area (Å²) >= 11 is 0. The number of hydrogen-bond donors (Lipinski definition) is 2. The van der Waals surface area contributed by atoms with E-state index in [1.165, 1.54) is 0 Å². The van der Waals surface area contributed by atoms with Gasteiger partial charge < -0.3 is 9.84 Å². The van der Waals surface area contributed by atoms with Gasteiger partial charge in [-0.05, 0) is 32.6 Å². The largest absolute Gasteiger partial charge is 0.480 e. The van der Waals surface area contributed by atoms with Crippen molar-refractivity contribution in [3.05, 3.63) is 0 Å². The van der Waals surface area contributed by atoms with Crippen LogP contribution in [-0.2, 0) is 19.7 Å². The zero-order valence-corrected chi connectivity index (χ0v) is 11.8. The van der Waals surface area contributed by atoms with E-state index < -0.39 is 27.8 Å². The van der Waals surface area contributed by atoms with Crippen molar-refractivity contribution in [2.75, 3.05) is 19.8 Å². The highest BCUT2D eigenvalue weighted by Gasteiger charge is 2.41. The molecule has 19 heavy (non-hydrogen) atoms. The van der Waals surface area contributed by atoms with E-state index in [0.29, 0.717) is 32.5 Å². The molecule has 0 spiro atoms. The Bertz CT molecular complexity index is 444. The topological polar surface area (TPSA) is 95.9 Å². The monoisotopic (exact) mass is 292 g/mol. The maximum absolute atomic E-state index is 12.4. The van der Waals surface area contributed by atoms with Crippen molar-refractivity contribution < 1.29 is 23.1 Å². The fourth-order valence-electron chi connectivity index (χ4n) is 2.56. The van der Waals surface area contributed by atoms with E-state index >= 15 is 0 Å². The molecule has 110 valence electrons. The van der Waals surface area contributed by atoms with Gasteiger partial charge in [-0.2, -0.15) is 17.4 Å². The van der Waals surface area contributed by atoms with Crippen molar-refractivity contribution in [3.8, 4) is 0 Å². The van der Waals surface area contributed by atoms with Crippen molar-refractivity contribution in [1.29, 1.82) is 0 Å². The molecule has 2 atom stereocenters. The number of nitrogens with zero attached hydrogens (tertiary/aromatic N) is 1. The summed E-state index contributed by atoms with van der Waals surface area (Å²) in [5, 5.41) is 9.14. The second-order valence-electron chi connectivity index (χ2n) is 5.43. The van der Waals surface area contributed by atoms with E-state index in [-0.39, 0.29) is 6.54 Å². The smallest absolute Gasteiger partial charge is 0.322 e. The summed E-state index contributed by atoms with van der Waals surface area (Å²) in [6, 6.07) is -0.961. The lowest BCUT2D eigenvalue weighted by Gasteiger charge is -2.34. The first-order chi connectivity index (χ1) is 8.84. The van der Waals surface area contributed by atoms with Gasteiger partial charge in [0, 0.05) is 13.2 Å². The molecule has 0 saturated carbocycles. The minimum absolute atomic E-state index is 0.253. The van der Waals surface area contributed by atoms with Crippen molar-refractivity contribution in [1.82, 2.24) is 9.03 Å². The van der Waals surface area contributed by atoms with Crippen LogP contribution in [0.15, 0.2) is 0 Å². The molecular weight excluding hydrogens is 272 g/mol. The lowest BCUT2D eigenvalue weighted by atomic mass is 10.0. The number of nitrogens with one attached hydrogen (secondary N) is 1. The quantitative estimate of drug-likeness (QED) is 0.756. The van der Waals surface area contributed by atoms with E-state index in [9.17, 15) is 13.2 Å². The molecule has 8 heteroatoms. The van der Waals surface area contributed by atoms with E-state index in [4.69, 9.17) is 9.84 Å². The summed E-state index contributed by atoms with van der Waals surface area (Å²) < 4.78 is 33.6. The van der Waals surface area contributed by atoms with Gasteiger partial charge in [-0.15, -0.1) is 0 Å². The molecular formula is C11H20N2O5S. The molecule has 2 aliphatic rings. The van der Waals surface area contributed by atoms with Gasteiger partial charge in [0.25, 0.3) is 10.2 Å². The third-order valence-corrected chi connectivity index (χ3v) is 5.45. The van der Waals surface area contributed by atoms with Gasteiger partial charge in [0.2, 0.25) is 0 Å². The number of ether oxygens (including phenoxy) is 1. The van der Waals surface area contributed by atoms with E-state index in [1.807, 2.05) is 0 Å². The fraction of sp³-hybridized carbons (Fsp3) is 0.909. The number of aliphatic carboxylic acids is 1. The average molecular weight is 292 g/mol. The number of carboxylic acid groups (broad SMARTS) is 1. The summed E-state index contributed by atoms with van der Waals surface area (Å²) in [5.74, 6) is -1.09. The predicted octanol–water partition coefficient (Wildman–Crippen LogP) is -0.0611. The van der Waals surface area contributed by atoms with Gasteiger partial charge in [-0.25, -0.2) is 0 Å². The van der Waals surface area contributed by atoms with Gasteiger partial charge >= 0.3 is 5.97 Å². The SMILES string of the molecule is CC1(NS(=O)(=O)N2CCCCC2C(=O)O)CCOC1. The molecule has 2 unspecified atom stereocenters. The first kappa shape index (κ1) is 14.7. The Morgan fingerprint density at radius 1 is 1.47 bits per heavy atom. The molecule has 2 saturated heterocycles. The first-order valence-corrected chi connectivity index (χ1v) is 7.89. The van der Waals surface area contributed by atoms with E-state index in [1.54, 1.807) is 6.92 Å². The second-order valence-corrected chi connectivity index (χ2v) is 7.05. The van der Waals surface area contributed by atoms with Gasteiger partial charge in [0.15, 0.2) is 0 Å². The summed E-state index contributed by atoms with van der Waals surface area (Å²) in [4.78, 5) is 11.2. The molecule has 2 N–H and O–H groups in total. The van der Waals surface area contributed by atoms with Crippen molar-refractivity contribution in [2.24, 2.45) is 0 Å². The summed E-state index contributed by atoms with van der Waals surface area (Å²) in [6.07, 6.45) is 2.39. The van der Waals surface area contributed by atoms with Crippen LogP contribution in [0.5, 0.6) is 0 Å². The summed E-state index contributed by atoms with van der Waals surface area (Å²) in [7, 11) is -3.80. The van der Waals surface area contributed by atoms with Crippen LogP contribution in [0, 0.1) is 0 Å². The zero-order chi connectivity index (χ0) is 14.1. The zero-order valence-electron chi connectivity index (χ0n) is 11.0. The van der Waals surface area contributed by atoms with Crippen LogP contribution in [0.4, 0.5) is 0 Å². The Morgan fingerprint density at radius 2 is 2.21 bits per heavy atom. The molecule has 2 rings (SSSR count). The third-order valence-electron chi connectivity index (χ3n) is 3.64. The molecule has 0 aliphatic carbocycles. The van der Waals surface area contributed by atoms with Crippen LogP contribution < -0.4 is 4.72 Å². The minimum atomic E-state index is -3.80. The molecule has 2 fully saturated rings. The number of piperidine rings is 1. The van der Waals surface area contributed by atoms with Crippen LogP contribution in [0.3, 0.4) is 0 Å². The van der Waals surface area contributed by atoms with Crippen molar-refractivity contribution in [3.63, 3.8) is 0 Å². The lowest BCUT2D eigenvalue weighted by Crippen LogP contribution is -2.57. The number of carboxylic acids is 1. The maximum atomic E-state index is 12.4. The Balaban J connectivity index is 2.15. The third kappa shape index (κ3) is 3.25. The molecule has 0 aromatic rings. The van der Waals surface area contributed by atoms with Gasteiger partial charge in [0.1, 0.15) is 6.04 Å². The first-order valence-electron chi connectivity index (χ1n) is 6.45. The molecule has 2 heterocycles. The number of rotatable bonds is 4. The number of carbonyl (C=O) groups is 1. The fourth-order valence-corrected chi connectivity index (χ4v) is 4.36.